The predicted octanol–water partition coefficient (Wildman–Crippen LogP) is 2.40. The maximum Gasteiger partial charge on any atom is 0.240 e. The van der Waals surface area contributed by atoms with E-state index in [-0.39, 0.29) is 10.9 Å². The quantitative estimate of drug-likeness (QED) is 0.808. The Labute approximate surface area is 135 Å². The van der Waals surface area contributed by atoms with Crippen LogP contribution in [0.5, 0.6) is 0 Å². The first kappa shape index (κ1) is 16.9. The third-order valence-electron chi connectivity index (χ3n) is 2.83. The lowest BCUT2D eigenvalue weighted by Crippen LogP contribution is -2.30. The summed E-state index contributed by atoms with van der Waals surface area (Å²) < 4.78 is 31.1. The van der Waals surface area contributed by atoms with Crippen LogP contribution in [0.3, 0.4) is 0 Å². The second-order valence-electron chi connectivity index (χ2n) is 5.15. The highest BCUT2D eigenvalue weighted by Gasteiger charge is 2.15. The molecular weight excluding hydrogens is 320 g/mol. The summed E-state index contributed by atoms with van der Waals surface area (Å²) in [6, 6.07) is 6.74. The van der Waals surface area contributed by atoms with E-state index >= 15 is 0 Å². The molecule has 1 aromatic heterocycles. The van der Waals surface area contributed by atoms with Gasteiger partial charge in [0, 0.05) is 30.5 Å². The van der Waals surface area contributed by atoms with Gasteiger partial charge in [-0.05, 0) is 31.5 Å². The number of benzene rings is 1. The number of aromatic nitrogens is 2. The van der Waals surface area contributed by atoms with Gasteiger partial charge in [-0.1, -0.05) is 19.1 Å². The van der Waals surface area contributed by atoms with Gasteiger partial charge in [0.15, 0.2) is 0 Å². The van der Waals surface area contributed by atoms with E-state index in [9.17, 15) is 8.42 Å². The molecule has 0 bridgehead atoms. The average molecular weight is 340 g/mol. The number of nitrogens with zero attached hydrogens (tertiary/aromatic N) is 2. The molecule has 0 aliphatic heterocycles. The fourth-order valence-corrected chi connectivity index (χ4v) is 3.81. The Hall–Kier alpha value is -1.51. The van der Waals surface area contributed by atoms with Crippen molar-refractivity contribution in [1.29, 1.82) is 0 Å². The summed E-state index contributed by atoms with van der Waals surface area (Å²) in [5.74, 6) is 0.810. The van der Waals surface area contributed by atoms with Crippen LogP contribution >= 0.6 is 11.5 Å². The third-order valence-corrected chi connectivity index (χ3v) is 5.19. The second kappa shape index (κ2) is 7.17. The minimum atomic E-state index is -3.47. The van der Waals surface area contributed by atoms with Gasteiger partial charge in [-0.3, -0.25) is 0 Å². The van der Waals surface area contributed by atoms with Gasteiger partial charge in [0.2, 0.25) is 15.2 Å². The Morgan fingerprint density at radius 2 is 2.09 bits per heavy atom. The molecule has 0 atom stereocenters. The van der Waals surface area contributed by atoms with Gasteiger partial charge in [-0.2, -0.15) is 4.37 Å². The molecular formula is C14H20N4O2S2. The molecule has 1 aromatic carbocycles. The first-order valence-corrected chi connectivity index (χ1v) is 9.34. The van der Waals surface area contributed by atoms with E-state index in [0.717, 1.165) is 22.9 Å². The van der Waals surface area contributed by atoms with Gasteiger partial charge >= 0.3 is 0 Å². The second-order valence-corrected chi connectivity index (χ2v) is 7.61. The van der Waals surface area contributed by atoms with Crippen molar-refractivity contribution < 1.29 is 8.42 Å². The van der Waals surface area contributed by atoms with Crippen LogP contribution in [0.2, 0.25) is 0 Å². The summed E-state index contributed by atoms with van der Waals surface area (Å²) in [7, 11) is -3.47. The largest absolute Gasteiger partial charge is 0.356 e. The Morgan fingerprint density at radius 3 is 2.73 bits per heavy atom. The van der Waals surface area contributed by atoms with Crippen LogP contribution in [-0.2, 0) is 23.0 Å². The number of nitrogens with one attached hydrogen (secondary N) is 2. The summed E-state index contributed by atoms with van der Waals surface area (Å²) in [6.45, 7) is 6.10. The maximum atomic E-state index is 12.2. The van der Waals surface area contributed by atoms with E-state index in [1.807, 2.05) is 13.0 Å². The molecule has 2 rings (SSSR count). The fourth-order valence-electron chi connectivity index (χ4n) is 1.85. The smallest absolute Gasteiger partial charge is 0.240 e. The van der Waals surface area contributed by atoms with Crippen LogP contribution in [0.15, 0.2) is 29.2 Å². The van der Waals surface area contributed by atoms with Crippen LogP contribution < -0.4 is 10.0 Å². The maximum absolute atomic E-state index is 12.2. The standard InChI is InChI=1S/C14H20N4O2S2/c1-4-13-16-14(21-17-13)15-9-11-6-5-7-12(8-11)22(19,20)18-10(2)3/h5-8,10,18H,4,9H2,1-3H3,(H,15,16,17). The fraction of sp³-hybridized carbons (Fsp3) is 0.429. The van der Waals surface area contributed by atoms with Crippen molar-refractivity contribution in [2.75, 3.05) is 5.32 Å². The van der Waals surface area contributed by atoms with E-state index in [1.54, 1.807) is 32.0 Å². The Balaban J connectivity index is 2.08. The molecule has 8 heteroatoms. The first-order valence-electron chi connectivity index (χ1n) is 7.08. The van der Waals surface area contributed by atoms with Crippen LogP contribution in [0, 0.1) is 0 Å². The molecule has 0 aliphatic carbocycles. The Morgan fingerprint density at radius 1 is 1.32 bits per heavy atom. The van der Waals surface area contributed by atoms with Gasteiger partial charge in [0.05, 0.1) is 4.90 Å². The lowest BCUT2D eigenvalue weighted by molar-refractivity contribution is 0.569. The molecule has 0 radical (unpaired) electrons. The van der Waals surface area contributed by atoms with Crippen LogP contribution in [0.1, 0.15) is 32.2 Å². The van der Waals surface area contributed by atoms with Gasteiger partial charge in [-0.25, -0.2) is 18.1 Å². The number of rotatable bonds is 7. The highest BCUT2D eigenvalue weighted by Crippen LogP contribution is 2.15. The molecule has 0 spiro atoms. The number of hydrogen-bond acceptors (Lipinski definition) is 6. The summed E-state index contributed by atoms with van der Waals surface area (Å²) in [6.07, 6.45) is 0.798. The number of hydrogen-bond donors (Lipinski definition) is 2. The molecule has 0 amide bonds. The molecule has 120 valence electrons. The minimum Gasteiger partial charge on any atom is -0.356 e. The van der Waals surface area contributed by atoms with Gasteiger partial charge in [0.25, 0.3) is 0 Å². The van der Waals surface area contributed by atoms with E-state index in [1.165, 1.54) is 11.5 Å². The highest BCUT2D eigenvalue weighted by atomic mass is 32.2. The van der Waals surface area contributed by atoms with E-state index < -0.39 is 10.0 Å². The lowest BCUT2D eigenvalue weighted by Gasteiger charge is -2.10. The van der Waals surface area contributed by atoms with Gasteiger partial charge in [-0.15, -0.1) is 0 Å². The number of sulfonamides is 1. The first-order chi connectivity index (χ1) is 10.4. The normalized spacial score (nSPS) is 11.8. The molecule has 1 heterocycles. The van der Waals surface area contributed by atoms with Crippen LogP contribution in [-0.4, -0.2) is 23.8 Å². The molecule has 0 saturated carbocycles. The molecule has 2 aromatic rings. The van der Waals surface area contributed by atoms with E-state index in [2.05, 4.69) is 19.4 Å². The summed E-state index contributed by atoms with van der Waals surface area (Å²) >= 11 is 1.31. The molecule has 0 fully saturated rings. The Kier molecular flexibility index (Phi) is 5.49. The predicted molar refractivity (Wildman–Crippen MR) is 88.5 cm³/mol. The third kappa shape index (κ3) is 4.49. The van der Waals surface area contributed by atoms with Gasteiger partial charge < -0.3 is 5.32 Å². The molecule has 0 aliphatic rings. The van der Waals surface area contributed by atoms with Crippen molar-refractivity contribution in [2.45, 2.75) is 44.7 Å². The van der Waals surface area contributed by atoms with Crippen LogP contribution in [0.25, 0.3) is 0 Å². The van der Waals surface area contributed by atoms with Gasteiger partial charge in [0.1, 0.15) is 5.82 Å². The zero-order valence-electron chi connectivity index (χ0n) is 12.8. The highest BCUT2D eigenvalue weighted by molar-refractivity contribution is 7.89. The minimum absolute atomic E-state index is 0.138. The SMILES string of the molecule is CCc1nsc(NCc2cccc(S(=O)(=O)NC(C)C)c2)n1. The van der Waals surface area contributed by atoms with E-state index in [0.29, 0.717) is 6.54 Å². The molecule has 0 saturated heterocycles. The molecule has 22 heavy (non-hydrogen) atoms. The molecule has 6 nitrogen and oxygen atoms in total. The number of anilines is 1. The topological polar surface area (TPSA) is 84.0 Å². The summed E-state index contributed by atoms with van der Waals surface area (Å²) in [4.78, 5) is 4.59. The zero-order valence-corrected chi connectivity index (χ0v) is 14.5. The molecule has 2 N–H and O–H groups in total. The lowest BCUT2D eigenvalue weighted by atomic mass is 10.2. The van der Waals surface area contributed by atoms with Crippen LogP contribution in [0.4, 0.5) is 5.13 Å². The number of aryl methyl sites for hydroxylation is 1. The van der Waals surface area contributed by atoms with E-state index in [4.69, 9.17) is 0 Å². The van der Waals surface area contributed by atoms with Crippen molar-refractivity contribution in [3.63, 3.8) is 0 Å². The summed E-state index contributed by atoms with van der Waals surface area (Å²) in [5, 5.41) is 3.91. The summed E-state index contributed by atoms with van der Waals surface area (Å²) in [5.41, 5.74) is 0.875. The van der Waals surface area contributed by atoms with Crippen molar-refractivity contribution >= 4 is 26.7 Å². The zero-order chi connectivity index (χ0) is 16.2. The van der Waals surface area contributed by atoms with Crippen molar-refractivity contribution in [3.8, 4) is 0 Å². The van der Waals surface area contributed by atoms with Crippen molar-refractivity contribution in [2.24, 2.45) is 0 Å². The van der Waals surface area contributed by atoms with Crippen molar-refractivity contribution in [1.82, 2.24) is 14.1 Å². The Bertz CT molecular complexity index is 726. The van der Waals surface area contributed by atoms with Crippen molar-refractivity contribution in [3.05, 3.63) is 35.7 Å². The average Bonchev–Trinajstić information content (AvgIpc) is 2.92. The molecule has 0 unspecified atom stereocenters. The monoisotopic (exact) mass is 340 g/mol.